The average molecular weight is 341 g/mol. The molecule has 2 aromatic rings. The molecule has 1 unspecified atom stereocenters. The summed E-state index contributed by atoms with van der Waals surface area (Å²) in [5, 5.41) is 19.1. The van der Waals surface area contributed by atoms with E-state index in [2.05, 4.69) is 33.1 Å². The Morgan fingerprint density at radius 3 is 2.80 bits per heavy atom. The summed E-state index contributed by atoms with van der Waals surface area (Å²) in [6, 6.07) is 0. The van der Waals surface area contributed by atoms with Gasteiger partial charge in [0, 0.05) is 31.3 Å². The number of aryl methyl sites for hydroxylation is 3. The van der Waals surface area contributed by atoms with Crippen LogP contribution in [-0.2, 0) is 19.5 Å². The van der Waals surface area contributed by atoms with Crippen LogP contribution in [0.2, 0.25) is 0 Å². The van der Waals surface area contributed by atoms with Crippen LogP contribution in [0.15, 0.2) is 16.9 Å². The highest BCUT2D eigenvalue weighted by atomic mass is 79.9. The molecule has 0 aliphatic heterocycles. The van der Waals surface area contributed by atoms with Crippen LogP contribution in [0.25, 0.3) is 0 Å². The van der Waals surface area contributed by atoms with Crippen LogP contribution in [0.4, 0.5) is 0 Å². The molecule has 0 saturated carbocycles. The summed E-state index contributed by atoms with van der Waals surface area (Å²) in [6.45, 7) is 7.79. The van der Waals surface area contributed by atoms with Gasteiger partial charge in [-0.3, -0.25) is 9.36 Å². The molecular weight excluding hydrogens is 320 g/mol. The second kappa shape index (κ2) is 6.54. The molecule has 1 N–H and O–H groups in total. The Bertz CT molecular complexity index is 576. The van der Waals surface area contributed by atoms with Gasteiger partial charge in [-0.05, 0) is 36.2 Å². The van der Waals surface area contributed by atoms with Crippen LogP contribution in [-0.4, -0.2) is 24.7 Å². The monoisotopic (exact) mass is 340 g/mol. The van der Waals surface area contributed by atoms with Crippen LogP contribution < -0.4 is 0 Å². The zero-order valence-electron chi connectivity index (χ0n) is 12.2. The summed E-state index contributed by atoms with van der Waals surface area (Å²) in [4.78, 5) is 0. The third-order valence-electron chi connectivity index (χ3n) is 3.33. The molecule has 20 heavy (non-hydrogen) atoms. The highest BCUT2D eigenvalue weighted by Gasteiger charge is 2.18. The fourth-order valence-corrected chi connectivity index (χ4v) is 2.71. The van der Waals surface area contributed by atoms with Gasteiger partial charge in [0.25, 0.3) is 0 Å². The SMILES string of the molecule is CCCn1cc(C(O)Cc2c(Br)c(C)nn2CC)cn1. The highest BCUT2D eigenvalue weighted by molar-refractivity contribution is 9.10. The molecule has 6 heteroatoms. The third kappa shape index (κ3) is 3.12. The smallest absolute Gasteiger partial charge is 0.0876 e. The lowest BCUT2D eigenvalue weighted by molar-refractivity contribution is 0.175. The van der Waals surface area contributed by atoms with Crippen molar-refractivity contribution in [2.45, 2.75) is 52.8 Å². The molecule has 2 aromatic heterocycles. The van der Waals surface area contributed by atoms with E-state index in [1.807, 2.05) is 29.4 Å². The van der Waals surface area contributed by atoms with E-state index < -0.39 is 6.10 Å². The van der Waals surface area contributed by atoms with E-state index in [4.69, 9.17) is 0 Å². The molecule has 0 amide bonds. The van der Waals surface area contributed by atoms with E-state index in [0.29, 0.717) is 6.42 Å². The predicted octanol–water partition coefficient (Wildman–Crippen LogP) is 2.86. The molecule has 110 valence electrons. The molecule has 0 spiro atoms. The maximum atomic E-state index is 10.4. The number of rotatable bonds is 6. The first-order chi connectivity index (χ1) is 9.56. The standard InChI is InChI=1S/C14H21BrN4O/c1-4-6-18-9-11(8-16-18)13(20)7-12-14(15)10(3)17-19(12)5-2/h8-9,13,20H,4-7H2,1-3H3. The van der Waals surface area contributed by atoms with Gasteiger partial charge in [-0.25, -0.2) is 0 Å². The zero-order valence-corrected chi connectivity index (χ0v) is 13.8. The van der Waals surface area contributed by atoms with Crippen molar-refractivity contribution in [2.24, 2.45) is 0 Å². The van der Waals surface area contributed by atoms with Crippen molar-refractivity contribution in [1.82, 2.24) is 19.6 Å². The van der Waals surface area contributed by atoms with E-state index in [-0.39, 0.29) is 0 Å². The van der Waals surface area contributed by atoms with Gasteiger partial charge in [-0.1, -0.05) is 6.92 Å². The van der Waals surface area contributed by atoms with E-state index in [1.54, 1.807) is 6.20 Å². The van der Waals surface area contributed by atoms with E-state index >= 15 is 0 Å². The molecule has 0 aliphatic rings. The molecule has 0 bridgehead atoms. The molecule has 0 aromatic carbocycles. The first kappa shape index (κ1) is 15.3. The fraction of sp³-hybridized carbons (Fsp3) is 0.571. The molecule has 0 aliphatic carbocycles. The van der Waals surface area contributed by atoms with E-state index in [0.717, 1.165) is 40.9 Å². The number of halogens is 1. The van der Waals surface area contributed by atoms with Gasteiger partial charge in [0.15, 0.2) is 0 Å². The summed E-state index contributed by atoms with van der Waals surface area (Å²) < 4.78 is 4.79. The minimum atomic E-state index is -0.557. The van der Waals surface area contributed by atoms with Crippen molar-refractivity contribution in [2.75, 3.05) is 0 Å². The van der Waals surface area contributed by atoms with Gasteiger partial charge in [-0.2, -0.15) is 10.2 Å². The van der Waals surface area contributed by atoms with Gasteiger partial charge in [0.05, 0.1) is 28.2 Å². The van der Waals surface area contributed by atoms with Crippen LogP contribution in [0, 0.1) is 6.92 Å². The Hall–Kier alpha value is -1.14. The number of aromatic nitrogens is 4. The van der Waals surface area contributed by atoms with Crippen LogP contribution in [0.1, 0.15) is 43.3 Å². The Balaban J connectivity index is 2.16. The summed E-state index contributed by atoms with van der Waals surface area (Å²) in [5.41, 5.74) is 2.84. The summed E-state index contributed by atoms with van der Waals surface area (Å²) >= 11 is 3.56. The minimum absolute atomic E-state index is 0.535. The van der Waals surface area contributed by atoms with Gasteiger partial charge in [0.2, 0.25) is 0 Å². The molecule has 5 nitrogen and oxygen atoms in total. The van der Waals surface area contributed by atoms with Crippen molar-refractivity contribution in [3.63, 3.8) is 0 Å². The third-order valence-corrected chi connectivity index (χ3v) is 4.36. The quantitative estimate of drug-likeness (QED) is 0.879. The molecule has 2 heterocycles. The highest BCUT2D eigenvalue weighted by Crippen LogP contribution is 2.26. The number of aliphatic hydroxyl groups excluding tert-OH is 1. The predicted molar refractivity (Wildman–Crippen MR) is 81.5 cm³/mol. The van der Waals surface area contributed by atoms with Gasteiger partial charge in [0.1, 0.15) is 0 Å². The lowest BCUT2D eigenvalue weighted by Crippen LogP contribution is -2.08. The summed E-state index contributed by atoms with van der Waals surface area (Å²) in [5.74, 6) is 0. The lowest BCUT2D eigenvalue weighted by Gasteiger charge is -2.10. The topological polar surface area (TPSA) is 55.9 Å². The average Bonchev–Trinajstić information content (AvgIpc) is 2.99. The van der Waals surface area contributed by atoms with Crippen molar-refractivity contribution >= 4 is 15.9 Å². The van der Waals surface area contributed by atoms with E-state index in [9.17, 15) is 5.11 Å². The lowest BCUT2D eigenvalue weighted by atomic mass is 10.1. The van der Waals surface area contributed by atoms with Gasteiger partial charge >= 0.3 is 0 Å². The summed E-state index contributed by atoms with van der Waals surface area (Å²) in [6.07, 6.45) is 4.67. The van der Waals surface area contributed by atoms with Crippen molar-refractivity contribution in [3.05, 3.63) is 33.8 Å². The summed E-state index contributed by atoms with van der Waals surface area (Å²) in [7, 11) is 0. The van der Waals surface area contributed by atoms with Crippen LogP contribution in [0.5, 0.6) is 0 Å². The fourth-order valence-electron chi connectivity index (χ4n) is 2.27. The second-order valence-corrected chi connectivity index (χ2v) is 5.71. The zero-order chi connectivity index (χ0) is 14.7. The van der Waals surface area contributed by atoms with Crippen molar-refractivity contribution in [1.29, 1.82) is 0 Å². The molecule has 2 rings (SSSR count). The number of aliphatic hydroxyl groups is 1. The molecule has 0 fully saturated rings. The van der Waals surface area contributed by atoms with Gasteiger partial charge < -0.3 is 5.11 Å². The van der Waals surface area contributed by atoms with E-state index in [1.165, 1.54) is 0 Å². The first-order valence-electron chi connectivity index (χ1n) is 6.99. The van der Waals surface area contributed by atoms with Gasteiger partial charge in [-0.15, -0.1) is 0 Å². The molecule has 1 atom stereocenters. The van der Waals surface area contributed by atoms with Crippen molar-refractivity contribution in [3.8, 4) is 0 Å². The van der Waals surface area contributed by atoms with Crippen molar-refractivity contribution < 1.29 is 5.11 Å². The number of hydrogen-bond donors (Lipinski definition) is 1. The Morgan fingerprint density at radius 1 is 1.40 bits per heavy atom. The maximum Gasteiger partial charge on any atom is 0.0876 e. The Morgan fingerprint density at radius 2 is 2.15 bits per heavy atom. The minimum Gasteiger partial charge on any atom is -0.388 e. The first-order valence-corrected chi connectivity index (χ1v) is 7.78. The van der Waals surface area contributed by atoms with Crippen LogP contribution >= 0.6 is 15.9 Å². The molecular formula is C14H21BrN4O. The molecule has 0 saturated heterocycles. The number of nitrogens with zero attached hydrogens (tertiary/aromatic N) is 4. The maximum absolute atomic E-state index is 10.4. The second-order valence-electron chi connectivity index (χ2n) is 4.92. The largest absolute Gasteiger partial charge is 0.388 e. The Labute approximate surface area is 127 Å². The van der Waals surface area contributed by atoms with Crippen LogP contribution in [0.3, 0.4) is 0 Å². The normalized spacial score (nSPS) is 12.8. The Kier molecular flexibility index (Phi) is 4.99. The number of hydrogen-bond acceptors (Lipinski definition) is 3. The molecule has 0 radical (unpaired) electrons.